The lowest BCUT2D eigenvalue weighted by molar-refractivity contribution is 0.344. The molecule has 1 unspecified atom stereocenters. The molecular formula is C15H25NO2. The van der Waals surface area contributed by atoms with Crippen LogP contribution in [0.2, 0.25) is 0 Å². The molecule has 0 aliphatic heterocycles. The van der Waals surface area contributed by atoms with Crippen LogP contribution in [-0.2, 0) is 0 Å². The topological polar surface area (TPSA) is 30.5 Å². The number of benzene rings is 1. The second-order valence-electron chi connectivity index (χ2n) is 4.46. The summed E-state index contributed by atoms with van der Waals surface area (Å²) in [6, 6.07) is 6.51. The first kappa shape index (κ1) is 14.8. The van der Waals surface area contributed by atoms with Gasteiger partial charge in [-0.15, -0.1) is 0 Å². The van der Waals surface area contributed by atoms with E-state index in [0.717, 1.165) is 24.3 Å². The van der Waals surface area contributed by atoms with E-state index in [1.54, 1.807) is 14.2 Å². The van der Waals surface area contributed by atoms with E-state index in [0.29, 0.717) is 12.0 Å². The highest BCUT2D eigenvalue weighted by molar-refractivity contribution is 5.43. The average Bonchev–Trinajstić information content (AvgIpc) is 2.43. The second kappa shape index (κ2) is 7.27. The molecule has 1 N–H and O–H groups in total. The summed E-state index contributed by atoms with van der Waals surface area (Å²) in [6.45, 7) is 4.47. The molecule has 0 aliphatic carbocycles. The van der Waals surface area contributed by atoms with Crippen molar-refractivity contribution in [1.29, 1.82) is 0 Å². The molecule has 0 radical (unpaired) electrons. The van der Waals surface area contributed by atoms with Crippen LogP contribution in [0.1, 0.15) is 38.3 Å². The van der Waals surface area contributed by atoms with Crippen molar-refractivity contribution in [1.82, 2.24) is 5.32 Å². The van der Waals surface area contributed by atoms with E-state index in [1.807, 2.05) is 13.1 Å². The zero-order chi connectivity index (χ0) is 13.5. The number of ether oxygens (including phenoxy) is 2. The average molecular weight is 251 g/mol. The maximum absolute atomic E-state index is 5.37. The van der Waals surface area contributed by atoms with Crippen LogP contribution >= 0.6 is 0 Å². The van der Waals surface area contributed by atoms with Gasteiger partial charge in [0.15, 0.2) is 11.5 Å². The lowest BCUT2D eigenvalue weighted by Crippen LogP contribution is -2.24. The summed E-state index contributed by atoms with van der Waals surface area (Å²) < 4.78 is 10.6. The number of nitrogens with one attached hydrogen (secondary N) is 1. The van der Waals surface area contributed by atoms with Gasteiger partial charge in [0.05, 0.1) is 14.2 Å². The van der Waals surface area contributed by atoms with Crippen LogP contribution in [0.15, 0.2) is 18.2 Å². The van der Waals surface area contributed by atoms with E-state index in [9.17, 15) is 0 Å². The first-order valence-electron chi connectivity index (χ1n) is 6.60. The van der Waals surface area contributed by atoms with Gasteiger partial charge in [0.2, 0.25) is 0 Å². The largest absolute Gasteiger partial charge is 0.493 e. The Morgan fingerprint density at radius 2 is 1.67 bits per heavy atom. The maximum atomic E-state index is 5.37. The van der Waals surface area contributed by atoms with Gasteiger partial charge in [-0.3, -0.25) is 0 Å². The predicted octanol–water partition coefficient (Wildman–Crippen LogP) is 3.40. The van der Waals surface area contributed by atoms with Crippen molar-refractivity contribution in [2.45, 2.75) is 32.7 Å². The summed E-state index contributed by atoms with van der Waals surface area (Å²) in [5, 5.41) is 3.41. The maximum Gasteiger partial charge on any atom is 0.161 e. The van der Waals surface area contributed by atoms with E-state index in [4.69, 9.17) is 9.47 Å². The van der Waals surface area contributed by atoms with Crippen molar-refractivity contribution < 1.29 is 9.47 Å². The van der Waals surface area contributed by atoms with Crippen LogP contribution in [0.25, 0.3) is 0 Å². The minimum atomic E-state index is 0.361. The lowest BCUT2D eigenvalue weighted by Gasteiger charge is -2.26. The molecule has 3 heteroatoms. The van der Waals surface area contributed by atoms with Gasteiger partial charge in [0, 0.05) is 6.04 Å². The van der Waals surface area contributed by atoms with E-state index in [1.165, 1.54) is 5.56 Å². The molecule has 1 aromatic rings. The molecule has 1 atom stereocenters. The van der Waals surface area contributed by atoms with E-state index in [-0.39, 0.29) is 0 Å². The quantitative estimate of drug-likeness (QED) is 0.805. The number of methoxy groups -OCH3 is 2. The van der Waals surface area contributed by atoms with Crippen molar-refractivity contribution in [3.63, 3.8) is 0 Å². The van der Waals surface area contributed by atoms with Gasteiger partial charge >= 0.3 is 0 Å². The SMILES string of the molecule is CCC(CC)C(NC)c1ccc(OC)c(OC)c1. The Hall–Kier alpha value is -1.22. The molecule has 0 spiro atoms. The summed E-state index contributed by atoms with van der Waals surface area (Å²) >= 11 is 0. The molecule has 0 saturated heterocycles. The highest BCUT2D eigenvalue weighted by Gasteiger charge is 2.19. The van der Waals surface area contributed by atoms with E-state index >= 15 is 0 Å². The zero-order valence-electron chi connectivity index (χ0n) is 12.1. The predicted molar refractivity (Wildman–Crippen MR) is 75.4 cm³/mol. The van der Waals surface area contributed by atoms with Crippen LogP contribution in [0.3, 0.4) is 0 Å². The zero-order valence-corrected chi connectivity index (χ0v) is 12.1. The van der Waals surface area contributed by atoms with Gasteiger partial charge in [0.25, 0.3) is 0 Å². The van der Waals surface area contributed by atoms with Crippen molar-refractivity contribution in [2.75, 3.05) is 21.3 Å². The number of rotatable bonds is 7. The Morgan fingerprint density at radius 1 is 1.06 bits per heavy atom. The Labute approximate surface area is 110 Å². The highest BCUT2D eigenvalue weighted by atomic mass is 16.5. The first-order valence-corrected chi connectivity index (χ1v) is 6.60. The van der Waals surface area contributed by atoms with Crippen LogP contribution in [0.4, 0.5) is 0 Å². The molecule has 0 aliphatic rings. The second-order valence-corrected chi connectivity index (χ2v) is 4.46. The van der Waals surface area contributed by atoms with Crippen molar-refractivity contribution >= 4 is 0 Å². The molecule has 102 valence electrons. The molecule has 1 aromatic carbocycles. The molecule has 0 aromatic heterocycles. The highest BCUT2D eigenvalue weighted by Crippen LogP contribution is 2.33. The normalized spacial score (nSPS) is 12.6. The fourth-order valence-electron chi connectivity index (χ4n) is 2.48. The van der Waals surface area contributed by atoms with Crippen molar-refractivity contribution in [2.24, 2.45) is 5.92 Å². The number of hydrogen-bond donors (Lipinski definition) is 1. The summed E-state index contributed by atoms with van der Waals surface area (Å²) in [5.74, 6) is 2.20. The van der Waals surface area contributed by atoms with Crippen LogP contribution < -0.4 is 14.8 Å². The van der Waals surface area contributed by atoms with Crippen molar-refractivity contribution in [3.8, 4) is 11.5 Å². The first-order chi connectivity index (χ1) is 8.71. The standard InChI is InChI=1S/C15H25NO2/c1-6-11(7-2)15(16-3)12-8-9-13(17-4)14(10-12)18-5/h8-11,15-16H,6-7H2,1-5H3. The van der Waals surface area contributed by atoms with Gasteiger partial charge in [-0.25, -0.2) is 0 Å². The summed E-state index contributed by atoms with van der Waals surface area (Å²) in [7, 11) is 5.35. The Kier molecular flexibility index (Phi) is 5.99. The van der Waals surface area contributed by atoms with E-state index < -0.39 is 0 Å². The molecule has 0 fully saturated rings. The Bertz CT molecular complexity index is 362. The Morgan fingerprint density at radius 3 is 2.11 bits per heavy atom. The fourth-order valence-corrected chi connectivity index (χ4v) is 2.48. The molecule has 0 amide bonds. The third-order valence-electron chi connectivity index (χ3n) is 3.60. The van der Waals surface area contributed by atoms with Crippen LogP contribution in [0.5, 0.6) is 11.5 Å². The summed E-state index contributed by atoms with van der Waals surface area (Å²) in [6.07, 6.45) is 2.33. The third-order valence-corrected chi connectivity index (χ3v) is 3.60. The molecule has 1 rings (SSSR count). The molecule has 0 bridgehead atoms. The smallest absolute Gasteiger partial charge is 0.161 e. The van der Waals surface area contributed by atoms with Gasteiger partial charge in [-0.1, -0.05) is 32.8 Å². The molecule has 0 saturated carbocycles. The molecule has 18 heavy (non-hydrogen) atoms. The monoisotopic (exact) mass is 251 g/mol. The Balaban J connectivity index is 3.06. The van der Waals surface area contributed by atoms with Gasteiger partial charge in [-0.2, -0.15) is 0 Å². The summed E-state index contributed by atoms with van der Waals surface area (Å²) in [4.78, 5) is 0. The third kappa shape index (κ3) is 3.16. The van der Waals surface area contributed by atoms with Crippen LogP contribution in [-0.4, -0.2) is 21.3 Å². The van der Waals surface area contributed by atoms with Crippen molar-refractivity contribution in [3.05, 3.63) is 23.8 Å². The van der Waals surface area contributed by atoms with Gasteiger partial charge in [0.1, 0.15) is 0 Å². The lowest BCUT2D eigenvalue weighted by atomic mass is 9.89. The van der Waals surface area contributed by atoms with Gasteiger partial charge in [-0.05, 0) is 30.7 Å². The molecular weight excluding hydrogens is 226 g/mol. The van der Waals surface area contributed by atoms with Gasteiger partial charge < -0.3 is 14.8 Å². The fraction of sp³-hybridized carbons (Fsp3) is 0.600. The molecule has 0 heterocycles. The summed E-state index contributed by atoms with van der Waals surface area (Å²) in [5.41, 5.74) is 1.25. The molecule has 3 nitrogen and oxygen atoms in total. The van der Waals surface area contributed by atoms with Crippen LogP contribution in [0, 0.1) is 5.92 Å². The van der Waals surface area contributed by atoms with E-state index in [2.05, 4.69) is 31.3 Å². The minimum Gasteiger partial charge on any atom is -0.493 e. The number of hydrogen-bond acceptors (Lipinski definition) is 3. The minimum absolute atomic E-state index is 0.361.